The van der Waals surface area contributed by atoms with Gasteiger partial charge in [-0.25, -0.2) is 14.4 Å². The average Bonchev–Trinajstić information content (AvgIpc) is 3.52. The minimum absolute atomic E-state index is 0.267. The molecule has 1 aliphatic heterocycles. The van der Waals surface area contributed by atoms with Gasteiger partial charge in [-0.2, -0.15) is 26.3 Å². The highest BCUT2D eigenvalue weighted by Gasteiger charge is 2.58. The van der Waals surface area contributed by atoms with Gasteiger partial charge >= 0.3 is 30.4 Å². The Morgan fingerprint density at radius 3 is 1.88 bits per heavy atom. The van der Waals surface area contributed by atoms with Crippen molar-refractivity contribution in [2.24, 2.45) is 5.92 Å². The van der Waals surface area contributed by atoms with E-state index in [1.165, 1.54) is 0 Å². The fourth-order valence-corrected chi connectivity index (χ4v) is 7.00. The monoisotopic (exact) mass is 798 g/mol. The molecule has 0 saturated carbocycles. The normalized spacial score (nSPS) is 15.3. The molecule has 1 aliphatic carbocycles. The Hall–Kier alpha value is -5.57. The quantitative estimate of drug-likeness (QED) is 0.0762. The van der Waals surface area contributed by atoms with Crippen LogP contribution in [-0.4, -0.2) is 87.4 Å². The van der Waals surface area contributed by atoms with Crippen molar-refractivity contribution in [2.45, 2.75) is 49.9 Å². The van der Waals surface area contributed by atoms with Gasteiger partial charge in [-0.3, -0.25) is 4.90 Å². The smallest absolute Gasteiger partial charge is 0.410 e. The minimum atomic E-state index is -5.85. The molecular weight excluding hydrogens is 758 g/mol. The van der Waals surface area contributed by atoms with Gasteiger partial charge in [0.1, 0.15) is 19.3 Å². The molecule has 6 rings (SSSR count). The van der Waals surface area contributed by atoms with E-state index in [9.17, 15) is 40.7 Å². The van der Waals surface area contributed by atoms with Crippen molar-refractivity contribution in [1.82, 2.24) is 4.90 Å². The molecule has 1 amide bonds. The molecule has 302 valence electrons. The van der Waals surface area contributed by atoms with Crippen LogP contribution in [0.4, 0.5) is 36.8 Å². The van der Waals surface area contributed by atoms with Crippen molar-refractivity contribution < 1.29 is 59.7 Å². The van der Waals surface area contributed by atoms with Crippen molar-refractivity contribution >= 4 is 23.7 Å². The zero-order valence-corrected chi connectivity index (χ0v) is 30.8. The average molecular weight is 799 g/mol. The topological polar surface area (TPSA) is 94.6 Å². The number of hydrogen-bond acceptors (Lipinski definition) is 8. The van der Waals surface area contributed by atoms with Crippen molar-refractivity contribution in [3.63, 3.8) is 0 Å². The van der Waals surface area contributed by atoms with Crippen molar-refractivity contribution in [1.29, 1.82) is 0 Å². The first-order chi connectivity index (χ1) is 27.2. The number of carbonyl (C=O) groups excluding carboxylic acids is 3. The molecule has 2 aliphatic rings. The van der Waals surface area contributed by atoms with Crippen LogP contribution in [0.1, 0.15) is 34.6 Å². The lowest BCUT2D eigenvalue weighted by Crippen LogP contribution is -2.50. The SMILES string of the molecule is CN(C(=O)OCC1c2ccccc2-c2ccccc21)C(CC(C(F)(F)F)C(F)(F)F)C(=O)O[C@H](Cc1ccc(N2CCOCC2)cc1)C(=O)OCc1ccccc1. The molecule has 15 heteroatoms. The van der Waals surface area contributed by atoms with E-state index in [1.54, 1.807) is 66.7 Å². The van der Waals surface area contributed by atoms with E-state index < -0.39 is 60.8 Å². The molecule has 0 N–H and O–H groups in total. The molecule has 1 unspecified atom stereocenters. The highest BCUT2D eigenvalue weighted by atomic mass is 19.4. The number of carbonyl (C=O) groups is 3. The van der Waals surface area contributed by atoms with Gasteiger partial charge in [0.2, 0.25) is 6.10 Å². The van der Waals surface area contributed by atoms with Crippen molar-refractivity contribution in [3.05, 3.63) is 125 Å². The van der Waals surface area contributed by atoms with Crippen LogP contribution in [-0.2, 0) is 41.6 Å². The van der Waals surface area contributed by atoms with E-state index in [0.717, 1.165) is 35.0 Å². The summed E-state index contributed by atoms with van der Waals surface area (Å²) in [6, 6.07) is 27.4. The van der Waals surface area contributed by atoms with Crippen LogP contribution in [0.25, 0.3) is 11.1 Å². The summed E-state index contributed by atoms with van der Waals surface area (Å²) >= 11 is 0. The van der Waals surface area contributed by atoms with Crippen LogP contribution in [0.2, 0.25) is 0 Å². The molecular formula is C42H40F6N2O7. The highest BCUT2D eigenvalue weighted by molar-refractivity contribution is 5.85. The first kappa shape index (κ1) is 41.1. The molecule has 4 aromatic rings. The number of benzene rings is 4. The predicted molar refractivity (Wildman–Crippen MR) is 196 cm³/mol. The summed E-state index contributed by atoms with van der Waals surface area (Å²) < 4.78 is 105. The number of morpholine rings is 1. The molecule has 4 aromatic carbocycles. The molecule has 1 fully saturated rings. The van der Waals surface area contributed by atoms with Gasteiger partial charge in [-0.1, -0.05) is 91.0 Å². The lowest BCUT2D eigenvalue weighted by Gasteiger charge is -2.32. The third-order valence-electron chi connectivity index (χ3n) is 10.1. The summed E-state index contributed by atoms with van der Waals surface area (Å²) in [6.07, 6.45) is -17.2. The van der Waals surface area contributed by atoms with Crippen LogP contribution in [0, 0.1) is 5.92 Å². The Balaban J connectivity index is 1.24. The van der Waals surface area contributed by atoms with E-state index in [4.69, 9.17) is 18.9 Å². The fourth-order valence-electron chi connectivity index (χ4n) is 7.00. The lowest BCUT2D eigenvalue weighted by atomic mass is 9.97. The van der Waals surface area contributed by atoms with Gasteiger partial charge < -0.3 is 23.8 Å². The third-order valence-corrected chi connectivity index (χ3v) is 10.1. The number of fused-ring (bicyclic) bond motifs is 3. The largest absolute Gasteiger partial charge is 0.458 e. The fraction of sp³-hybridized carbons (Fsp3) is 0.357. The second-order valence-corrected chi connectivity index (χ2v) is 13.8. The summed E-state index contributed by atoms with van der Waals surface area (Å²) in [7, 11) is 0.849. The molecule has 0 aromatic heterocycles. The summed E-state index contributed by atoms with van der Waals surface area (Å²) in [5.41, 5.74) is 5.22. The number of hydrogen-bond donors (Lipinski definition) is 0. The summed E-state index contributed by atoms with van der Waals surface area (Å²) in [4.78, 5) is 43.3. The Morgan fingerprint density at radius 1 is 0.737 bits per heavy atom. The lowest BCUT2D eigenvalue weighted by molar-refractivity contribution is -0.287. The van der Waals surface area contributed by atoms with Crippen LogP contribution < -0.4 is 4.90 Å². The molecule has 0 bridgehead atoms. The van der Waals surface area contributed by atoms with Gasteiger partial charge in [0.05, 0.1) is 13.2 Å². The second kappa shape index (κ2) is 17.7. The molecule has 9 nitrogen and oxygen atoms in total. The molecule has 0 radical (unpaired) electrons. The van der Waals surface area contributed by atoms with Crippen LogP contribution in [0.15, 0.2) is 103 Å². The molecule has 57 heavy (non-hydrogen) atoms. The van der Waals surface area contributed by atoms with E-state index in [0.29, 0.717) is 42.3 Å². The highest BCUT2D eigenvalue weighted by Crippen LogP contribution is 2.45. The van der Waals surface area contributed by atoms with Crippen LogP contribution in [0.3, 0.4) is 0 Å². The Labute approximate surface area is 325 Å². The minimum Gasteiger partial charge on any atom is -0.458 e. The number of amides is 1. The number of nitrogens with zero attached hydrogens (tertiary/aromatic N) is 2. The summed E-state index contributed by atoms with van der Waals surface area (Å²) in [5, 5.41) is 0. The van der Waals surface area contributed by atoms with Crippen LogP contribution >= 0.6 is 0 Å². The zero-order chi connectivity index (χ0) is 40.7. The molecule has 1 heterocycles. The number of rotatable bonds is 13. The van der Waals surface area contributed by atoms with Crippen molar-refractivity contribution in [2.75, 3.05) is 44.9 Å². The maximum Gasteiger partial charge on any atom is 0.410 e. The maximum atomic E-state index is 14.0. The molecule has 2 atom stereocenters. The van der Waals surface area contributed by atoms with Gasteiger partial charge in [0.25, 0.3) is 0 Å². The number of esters is 2. The standard InChI is InChI=1S/C42H40F6N2O7/c1-49(40(53)56-26-34-32-13-7-5-11-30(32)31-12-6-8-14-33(31)34)35(24-37(41(43,44)45)42(46,47)48)38(51)57-36(39(52)55-25-28-9-3-2-4-10-28)23-27-15-17-29(18-16-27)50-19-21-54-22-20-50/h2-18,34-37H,19-26H2,1H3/t35?,36-/m1/s1. The summed E-state index contributed by atoms with van der Waals surface area (Å²) in [5.74, 6) is -7.31. The van der Waals surface area contributed by atoms with E-state index in [1.807, 2.05) is 36.4 Å². The first-order valence-corrected chi connectivity index (χ1v) is 18.2. The Bertz CT molecular complexity index is 1940. The van der Waals surface area contributed by atoms with Gasteiger partial charge in [0.15, 0.2) is 5.92 Å². The van der Waals surface area contributed by atoms with Crippen LogP contribution in [0.5, 0.6) is 0 Å². The van der Waals surface area contributed by atoms with E-state index in [-0.39, 0.29) is 19.6 Å². The third kappa shape index (κ3) is 10.1. The maximum absolute atomic E-state index is 14.0. The van der Waals surface area contributed by atoms with Gasteiger partial charge in [-0.15, -0.1) is 0 Å². The first-order valence-electron chi connectivity index (χ1n) is 18.2. The second-order valence-electron chi connectivity index (χ2n) is 13.8. The number of likely N-dealkylation sites (N-methyl/N-ethyl adjacent to an activating group) is 1. The number of anilines is 1. The summed E-state index contributed by atoms with van der Waals surface area (Å²) in [6.45, 7) is 1.74. The molecule has 0 spiro atoms. The zero-order valence-electron chi connectivity index (χ0n) is 30.8. The Morgan fingerprint density at radius 2 is 1.30 bits per heavy atom. The molecule has 1 saturated heterocycles. The number of ether oxygens (including phenoxy) is 4. The van der Waals surface area contributed by atoms with Gasteiger partial charge in [0, 0.05) is 38.2 Å². The predicted octanol–water partition coefficient (Wildman–Crippen LogP) is 8.10. The van der Waals surface area contributed by atoms with Crippen molar-refractivity contribution in [3.8, 4) is 11.1 Å². The van der Waals surface area contributed by atoms with Gasteiger partial charge in [-0.05, 0) is 51.9 Å². The van der Waals surface area contributed by atoms with E-state index in [2.05, 4.69) is 4.90 Å². The number of alkyl halides is 6. The Kier molecular flexibility index (Phi) is 12.8. The van der Waals surface area contributed by atoms with E-state index >= 15 is 0 Å². The number of halogens is 6.